The Labute approximate surface area is 87.3 Å². The molecule has 2 aromatic heterocycles. The number of hydrogen-bond donors (Lipinski definition) is 1. The van der Waals surface area contributed by atoms with E-state index in [0.717, 1.165) is 3.57 Å². The number of carbonyl (C=O) groups is 1. The maximum absolute atomic E-state index is 10.7. The van der Waals surface area contributed by atoms with Crippen molar-refractivity contribution in [1.82, 2.24) is 9.61 Å². The van der Waals surface area contributed by atoms with E-state index in [4.69, 9.17) is 5.11 Å². The zero-order valence-electron chi connectivity index (χ0n) is 6.44. The number of fused-ring (bicyclic) bond motifs is 1. The third-order valence-electron chi connectivity index (χ3n) is 1.71. The van der Waals surface area contributed by atoms with Crippen LogP contribution in [-0.2, 0) is 0 Å². The van der Waals surface area contributed by atoms with Crippen molar-refractivity contribution in [3.63, 3.8) is 0 Å². The molecule has 13 heavy (non-hydrogen) atoms. The van der Waals surface area contributed by atoms with Gasteiger partial charge >= 0.3 is 5.97 Å². The monoisotopic (exact) mass is 288 g/mol. The summed E-state index contributed by atoms with van der Waals surface area (Å²) in [6.07, 6.45) is 3.14. The van der Waals surface area contributed by atoms with Crippen molar-refractivity contribution >= 4 is 34.1 Å². The number of aromatic nitrogens is 2. The predicted molar refractivity (Wildman–Crippen MR) is 54.9 cm³/mol. The number of aromatic carboxylic acids is 1. The Hall–Kier alpha value is -1.11. The Morgan fingerprint density at radius 3 is 3.00 bits per heavy atom. The lowest BCUT2D eigenvalue weighted by molar-refractivity contribution is 0.0699. The Kier molecular flexibility index (Phi) is 1.95. The molecule has 5 heteroatoms. The molecule has 0 bridgehead atoms. The van der Waals surface area contributed by atoms with Gasteiger partial charge in [-0.2, -0.15) is 5.10 Å². The highest BCUT2D eigenvalue weighted by atomic mass is 127. The minimum Gasteiger partial charge on any atom is -0.478 e. The Morgan fingerprint density at radius 2 is 2.31 bits per heavy atom. The van der Waals surface area contributed by atoms with E-state index in [2.05, 4.69) is 27.7 Å². The summed E-state index contributed by atoms with van der Waals surface area (Å²) in [6.45, 7) is 0. The standard InChI is InChI=1S/C8H5IN2O2/c9-5-1-2-7-6(8(12)13)3-10-11(7)4-5/h1-4H,(H,12,13). The van der Waals surface area contributed by atoms with Gasteiger partial charge < -0.3 is 5.11 Å². The zero-order valence-corrected chi connectivity index (χ0v) is 8.59. The van der Waals surface area contributed by atoms with E-state index in [1.165, 1.54) is 6.20 Å². The lowest BCUT2D eigenvalue weighted by atomic mass is 10.3. The van der Waals surface area contributed by atoms with E-state index in [1.54, 1.807) is 16.8 Å². The normalized spacial score (nSPS) is 10.5. The molecule has 0 unspecified atom stereocenters. The summed E-state index contributed by atoms with van der Waals surface area (Å²) in [5.41, 5.74) is 0.851. The van der Waals surface area contributed by atoms with Crippen molar-refractivity contribution in [3.8, 4) is 0 Å². The van der Waals surface area contributed by atoms with E-state index in [1.807, 2.05) is 6.07 Å². The molecule has 2 aromatic rings. The number of pyridine rings is 1. The maximum atomic E-state index is 10.7. The molecule has 2 heterocycles. The van der Waals surface area contributed by atoms with Crippen LogP contribution in [0.1, 0.15) is 10.4 Å². The molecule has 0 atom stereocenters. The fourth-order valence-corrected chi connectivity index (χ4v) is 1.57. The first-order valence-corrected chi connectivity index (χ1v) is 4.62. The van der Waals surface area contributed by atoms with Crippen LogP contribution < -0.4 is 0 Å². The molecule has 0 aliphatic carbocycles. The molecule has 0 radical (unpaired) electrons. The van der Waals surface area contributed by atoms with Crippen LogP contribution in [0.3, 0.4) is 0 Å². The summed E-state index contributed by atoms with van der Waals surface area (Å²) >= 11 is 2.15. The number of nitrogens with zero attached hydrogens (tertiary/aromatic N) is 2. The molecular formula is C8H5IN2O2. The first-order valence-electron chi connectivity index (χ1n) is 3.54. The van der Waals surface area contributed by atoms with E-state index in [-0.39, 0.29) is 5.56 Å². The van der Waals surface area contributed by atoms with E-state index < -0.39 is 5.97 Å². The molecule has 0 saturated heterocycles. The van der Waals surface area contributed by atoms with E-state index in [0.29, 0.717) is 5.52 Å². The van der Waals surface area contributed by atoms with Gasteiger partial charge in [-0.05, 0) is 34.7 Å². The number of halogens is 1. The summed E-state index contributed by atoms with van der Waals surface area (Å²) in [6, 6.07) is 3.60. The summed E-state index contributed by atoms with van der Waals surface area (Å²) in [5, 5.41) is 12.7. The van der Waals surface area contributed by atoms with Gasteiger partial charge in [0.25, 0.3) is 0 Å². The Balaban J connectivity index is 2.76. The van der Waals surface area contributed by atoms with Crippen molar-refractivity contribution < 1.29 is 9.90 Å². The molecule has 0 amide bonds. The largest absolute Gasteiger partial charge is 0.478 e. The Bertz CT molecular complexity index is 478. The molecule has 4 nitrogen and oxygen atoms in total. The van der Waals surface area contributed by atoms with Gasteiger partial charge in [-0.3, -0.25) is 0 Å². The minimum atomic E-state index is -0.948. The fraction of sp³-hybridized carbons (Fsp3) is 0. The average Bonchev–Trinajstić information content (AvgIpc) is 2.46. The lowest BCUT2D eigenvalue weighted by Gasteiger charge is -1.94. The van der Waals surface area contributed by atoms with E-state index >= 15 is 0 Å². The van der Waals surface area contributed by atoms with Gasteiger partial charge in [-0.1, -0.05) is 0 Å². The quantitative estimate of drug-likeness (QED) is 0.812. The van der Waals surface area contributed by atoms with E-state index in [9.17, 15) is 4.79 Å². The molecule has 2 rings (SSSR count). The van der Waals surface area contributed by atoms with Crippen LogP contribution >= 0.6 is 22.6 Å². The summed E-state index contributed by atoms with van der Waals surface area (Å²) < 4.78 is 2.58. The fourth-order valence-electron chi connectivity index (χ4n) is 1.12. The van der Waals surface area contributed by atoms with Crippen molar-refractivity contribution in [2.45, 2.75) is 0 Å². The zero-order chi connectivity index (χ0) is 9.42. The van der Waals surface area contributed by atoms with Gasteiger partial charge in [-0.25, -0.2) is 9.31 Å². The van der Waals surface area contributed by atoms with Crippen LogP contribution in [0.5, 0.6) is 0 Å². The van der Waals surface area contributed by atoms with Crippen LogP contribution in [0.15, 0.2) is 24.5 Å². The van der Waals surface area contributed by atoms with Gasteiger partial charge in [0.1, 0.15) is 5.56 Å². The van der Waals surface area contributed by atoms with Crippen molar-refractivity contribution in [3.05, 3.63) is 33.7 Å². The number of rotatable bonds is 1. The molecule has 0 aliphatic heterocycles. The van der Waals surface area contributed by atoms with Crippen LogP contribution in [-0.4, -0.2) is 20.7 Å². The molecule has 0 spiro atoms. The van der Waals surface area contributed by atoms with Gasteiger partial charge in [-0.15, -0.1) is 0 Å². The van der Waals surface area contributed by atoms with Crippen molar-refractivity contribution in [2.24, 2.45) is 0 Å². The van der Waals surface area contributed by atoms with Gasteiger partial charge in [0.15, 0.2) is 0 Å². The van der Waals surface area contributed by atoms with Crippen LogP contribution in [0, 0.1) is 3.57 Å². The summed E-state index contributed by atoms with van der Waals surface area (Å²) in [4.78, 5) is 10.7. The first kappa shape index (κ1) is 8.49. The third-order valence-corrected chi connectivity index (χ3v) is 2.35. The summed E-state index contributed by atoms with van der Waals surface area (Å²) in [5.74, 6) is -0.948. The first-order chi connectivity index (χ1) is 6.18. The highest BCUT2D eigenvalue weighted by Gasteiger charge is 2.09. The average molecular weight is 288 g/mol. The van der Waals surface area contributed by atoms with Gasteiger partial charge in [0.2, 0.25) is 0 Å². The molecule has 66 valence electrons. The lowest BCUT2D eigenvalue weighted by Crippen LogP contribution is -1.95. The van der Waals surface area contributed by atoms with Gasteiger partial charge in [0, 0.05) is 9.77 Å². The highest BCUT2D eigenvalue weighted by molar-refractivity contribution is 14.1. The maximum Gasteiger partial charge on any atom is 0.339 e. The predicted octanol–water partition coefficient (Wildman–Crippen LogP) is 1.64. The second kappa shape index (κ2) is 2.99. The molecule has 0 aliphatic rings. The molecule has 0 aromatic carbocycles. The van der Waals surface area contributed by atoms with Crippen molar-refractivity contribution in [1.29, 1.82) is 0 Å². The number of carboxylic acids is 1. The SMILES string of the molecule is O=C(O)c1cnn2cc(I)ccc12. The third kappa shape index (κ3) is 1.39. The van der Waals surface area contributed by atoms with Crippen LogP contribution in [0.4, 0.5) is 0 Å². The minimum absolute atomic E-state index is 0.233. The topological polar surface area (TPSA) is 54.6 Å². The van der Waals surface area contributed by atoms with Crippen LogP contribution in [0.2, 0.25) is 0 Å². The summed E-state index contributed by atoms with van der Waals surface area (Å²) in [7, 11) is 0. The number of carboxylic acid groups (broad SMARTS) is 1. The van der Waals surface area contributed by atoms with Gasteiger partial charge in [0.05, 0.1) is 11.7 Å². The number of hydrogen-bond acceptors (Lipinski definition) is 2. The Morgan fingerprint density at radius 1 is 1.54 bits per heavy atom. The highest BCUT2D eigenvalue weighted by Crippen LogP contribution is 2.12. The molecule has 0 fully saturated rings. The van der Waals surface area contributed by atoms with Crippen molar-refractivity contribution in [2.75, 3.05) is 0 Å². The second-order valence-electron chi connectivity index (χ2n) is 2.54. The smallest absolute Gasteiger partial charge is 0.339 e. The molecule has 0 saturated carbocycles. The van der Waals surface area contributed by atoms with Crippen LogP contribution in [0.25, 0.3) is 5.52 Å². The second-order valence-corrected chi connectivity index (χ2v) is 3.79. The molecular weight excluding hydrogens is 283 g/mol. The molecule has 1 N–H and O–H groups in total.